The molecule has 0 radical (unpaired) electrons. The van der Waals surface area contributed by atoms with E-state index in [2.05, 4.69) is 5.32 Å². The lowest BCUT2D eigenvalue weighted by Gasteiger charge is -2.15. The maximum absolute atomic E-state index is 11.2. The number of nitrogens with two attached hydrogens (primary N) is 1. The zero-order valence-corrected chi connectivity index (χ0v) is 11.3. The number of rotatable bonds is 6. The van der Waals surface area contributed by atoms with Crippen LogP contribution in [0.4, 0.5) is 11.4 Å². The first kappa shape index (κ1) is 13.8. The third-order valence-corrected chi connectivity index (χ3v) is 3.81. The van der Waals surface area contributed by atoms with E-state index >= 15 is 0 Å². The van der Waals surface area contributed by atoms with Crippen molar-refractivity contribution in [3.63, 3.8) is 0 Å². The van der Waals surface area contributed by atoms with Gasteiger partial charge in [0.05, 0.1) is 18.0 Å². The molecule has 0 fully saturated rings. The van der Waals surface area contributed by atoms with Crippen LogP contribution in [0.3, 0.4) is 0 Å². The Bertz CT molecular complexity index is 396. The highest BCUT2D eigenvalue weighted by atomic mass is 32.2. The first-order chi connectivity index (χ1) is 8.06. The molecule has 0 amide bonds. The van der Waals surface area contributed by atoms with Crippen LogP contribution in [0.25, 0.3) is 0 Å². The quantitative estimate of drug-likeness (QED) is 0.762. The molecule has 0 aromatic heterocycles. The lowest BCUT2D eigenvalue weighted by Crippen LogP contribution is -2.21. The van der Waals surface area contributed by atoms with Crippen LogP contribution in [-0.4, -0.2) is 28.9 Å². The molecule has 0 aliphatic heterocycles. The lowest BCUT2D eigenvalue weighted by atomic mass is 10.2. The molecule has 1 aromatic rings. The van der Waals surface area contributed by atoms with Crippen LogP contribution in [0, 0.1) is 0 Å². The van der Waals surface area contributed by atoms with Crippen molar-refractivity contribution in [2.45, 2.75) is 19.1 Å². The van der Waals surface area contributed by atoms with Gasteiger partial charge in [0.25, 0.3) is 0 Å². The van der Waals surface area contributed by atoms with Crippen molar-refractivity contribution >= 4 is 22.2 Å². The first-order valence-electron chi connectivity index (χ1n) is 5.63. The second-order valence-electron chi connectivity index (χ2n) is 3.84. The third kappa shape index (κ3) is 3.93. The van der Waals surface area contributed by atoms with E-state index in [9.17, 15) is 4.21 Å². The number of para-hydroxylation sites is 1. The normalized spacial score (nSPS) is 14.1. The molecule has 1 aromatic carbocycles. The van der Waals surface area contributed by atoms with E-state index in [-0.39, 0.29) is 5.25 Å². The van der Waals surface area contributed by atoms with Crippen LogP contribution in [0.1, 0.15) is 13.8 Å². The van der Waals surface area contributed by atoms with E-state index in [0.29, 0.717) is 24.6 Å². The summed E-state index contributed by atoms with van der Waals surface area (Å²) >= 11 is 0. The number of hydrogen-bond acceptors (Lipinski definition) is 4. The summed E-state index contributed by atoms with van der Waals surface area (Å²) in [6.45, 7) is 5.07. The Morgan fingerprint density at radius 1 is 1.53 bits per heavy atom. The van der Waals surface area contributed by atoms with Crippen LogP contribution in [0.15, 0.2) is 18.2 Å². The minimum atomic E-state index is -0.834. The summed E-state index contributed by atoms with van der Waals surface area (Å²) in [6.07, 6.45) is 1.70. The van der Waals surface area contributed by atoms with Crippen LogP contribution < -0.4 is 15.8 Å². The molecule has 0 spiro atoms. The van der Waals surface area contributed by atoms with E-state index in [1.54, 1.807) is 6.26 Å². The van der Waals surface area contributed by atoms with Gasteiger partial charge >= 0.3 is 0 Å². The van der Waals surface area contributed by atoms with Gasteiger partial charge in [0.1, 0.15) is 5.75 Å². The predicted octanol–water partition coefficient (Wildman–Crippen LogP) is 1.85. The van der Waals surface area contributed by atoms with Gasteiger partial charge in [-0.15, -0.1) is 0 Å². The fourth-order valence-electron chi connectivity index (χ4n) is 1.35. The van der Waals surface area contributed by atoms with Crippen LogP contribution in [0.5, 0.6) is 5.75 Å². The Labute approximate surface area is 105 Å². The number of anilines is 2. The second kappa shape index (κ2) is 6.49. The van der Waals surface area contributed by atoms with Crippen molar-refractivity contribution in [3.8, 4) is 5.75 Å². The molecule has 0 bridgehead atoms. The molecule has 17 heavy (non-hydrogen) atoms. The highest BCUT2D eigenvalue weighted by Gasteiger charge is 2.09. The summed E-state index contributed by atoms with van der Waals surface area (Å²) in [7, 11) is -0.834. The summed E-state index contributed by atoms with van der Waals surface area (Å²) in [5.41, 5.74) is 7.40. The highest BCUT2D eigenvalue weighted by Crippen LogP contribution is 2.29. The average Bonchev–Trinajstić information content (AvgIpc) is 2.30. The molecule has 1 rings (SSSR count). The Balaban J connectivity index is 2.71. The van der Waals surface area contributed by atoms with Crippen LogP contribution in [-0.2, 0) is 10.8 Å². The fourth-order valence-corrected chi connectivity index (χ4v) is 1.67. The third-order valence-electron chi connectivity index (χ3n) is 2.51. The molecule has 0 aliphatic carbocycles. The summed E-state index contributed by atoms with van der Waals surface area (Å²) in [5, 5.41) is 3.28. The van der Waals surface area contributed by atoms with Crippen molar-refractivity contribution in [2.24, 2.45) is 0 Å². The standard InChI is InChI=1S/C12H20N2O2S/c1-4-16-11-7-5-6-10(12(11)13)14-8-9(2)17(3)15/h5-7,9,14H,4,8,13H2,1-3H3. The minimum absolute atomic E-state index is 0.0881. The zero-order valence-electron chi connectivity index (χ0n) is 10.5. The molecule has 0 saturated heterocycles. The van der Waals surface area contributed by atoms with Crippen molar-refractivity contribution in [3.05, 3.63) is 18.2 Å². The molecule has 2 unspecified atom stereocenters. The molecule has 0 heterocycles. The van der Waals surface area contributed by atoms with Gasteiger partial charge in [-0.3, -0.25) is 4.21 Å². The predicted molar refractivity (Wildman–Crippen MR) is 74.0 cm³/mol. The number of ether oxygens (including phenoxy) is 1. The molecule has 5 heteroatoms. The van der Waals surface area contributed by atoms with E-state index in [0.717, 1.165) is 5.69 Å². The SMILES string of the molecule is CCOc1cccc(NCC(C)S(C)=O)c1N. The second-order valence-corrected chi connectivity index (χ2v) is 5.64. The highest BCUT2D eigenvalue weighted by molar-refractivity contribution is 7.84. The summed E-state index contributed by atoms with van der Waals surface area (Å²) in [6, 6.07) is 5.62. The fraction of sp³-hybridized carbons (Fsp3) is 0.500. The number of hydrogen-bond donors (Lipinski definition) is 2. The Morgan fingerprint density at radius 3 is 2.82 bits per heavy atom. The van der Waals surface area contributed by atoms with Gasteiger partial charge in [-0.1, -0.05) is 6.07 Å². The Kier molecular flexibility index (Phi) is 5.28. The maximum atomic E-state index is 11.2. The van der Waals surface area contributed by atoms with E-state index in [1.807, 2.05) is 32.0 Å². The van der Waals surface area contributed by atoms with Crippen LogP contribution >= 0.6 is 0 Å². The molecule has 96 valence electrons. The smallest absolute Gasteiger partial charge is 0.144 e. The van der Waals surface area contributed by atoms with Gasteiger partial charge in [0.15, 0.2) is 0 Å². The summed E-state index contributed by atoms with van der Waals surface area (Å²) in [4.78, 5) is 0. The van der Waals surface area contributed by atoms with Crippen molar-refractivity contribution < 1.29 is 8.95 Å². The van der Waals surface area contributed by atoms with Gasteiger partial charge in [0.2, 0.25) is 0 Å². The molecular formula is C12H20N2O2S. The van der Waals surface area contributed by atoms with Gasteiger partial charge < -0.3 is 15.8 Å². The summed E-state index contributed by atoms with van der Waals surface area (Å²) < 4.78 is 16.6. The van der Waals surface area contributed by atoms with Gasteiger partial charge in [0, 0.05) is 28.9 Å². The van der Waals surface area contributed by atoms with Crippen molar-refractivity contribution in [1.82, 2.24) is 0 Å². The first-order valence-corrected chi connectivity index (χ1v) is 7.25. The van der Waals surface area contributed by atoms with Crippen molar-refractivity contribution in [1.29, 1.82) is 0 Å². The Hall–Kier alpha value is -1.23. The minimum Gasteiger partial charge on any atom is -0.492 e. The van der Waals surface area contributed by atoms with E-state index in [4.69, 9.17) is 10.5 Å². The number of nitrogen functional groups attached to an aromatic ring is 1. The van der Waals surface area contributed by atoms with Gasteiger partial charge in [-0.25, -0.2) is 0 Å². The Morgan fingerprint density at radius 2 is 2.24 bits per heavy atom. The maximum Gasteiger partial charge on any atom is 0.144 e. The summed E-state index contributed by atoms with van der Waals surface area (Å²) in [5.74, 6) is 0.683. The monoisotopic (exact) mass is 256 g/mol. The molecule has 3 N–H and O–H groups in total. The average molecular weight is 256 g/mol. The molecule has 0 saturated carbocycles. The number of benzene rings is 1. The van der Waals surface area contributed by atoms with Crippen molar-refractivity contribution in [2.75, 3.05) is 30.5 Å². The molecule has 0 aliphatic rings. The largest absolute Gasteiger partial charge is 0.492 e. The topological polar surface area (TPSA) is 64.3 Å². The van der Waals surface area contributed by atoms with E-state index < -0.39 is 10.8 Å². The lowest BCUT2D eigenvalue weighted by molar-refractivity contribution is 0.342. The van der Waals surface area contributed by atoms with Crippen LogP contribution in [0.2, 0.25) is 0 Å². The zero-order chi connectivity index (χ0) is 12.8. The molecule has 2 atom stereocenters. The van der Waals surface area contributed by atoms with Gasteiger partial charge in [-0.2, -0.15) is 0 Å². The van der Waals surface area contributed by atoms with E-state index in [1.165, 1.54) is 0 Å². The number of nitrogens with one attached hydrogen (secondary N) is 1. The molecule has 4 nitrogen and oxygen atoms in total. The van der Waals surface area contributed by atoms with Gasteiger partial charge in [-0.05, 0) is 26.0 Å². The molecular weight excluding hydrogens is 236 g/mol.